The average molecular weight is 292 g/mol. The Bertz CT molecular complexity index is 551. The Balaban J connectivity index is 2.36. The lowest BCUT2D eigenvalue weighted by molar-refractivity contribution is 0.206. The van der Waals surface area contributed by atoms with Crippen molar-refractivity contribution >= 4 is 11.3 Å². The Hall–Kier alpha value is -1.52. The fourth-order valence-electron chi connectivity index (χ4n) is 2.28. The highest BCUT2D eigenvalue weighted by Gasteiger charge is 2.28. The van der Waals surface area contributed by atoms with Crippen molar-refractivity contribution in [2.45, 2.75) is 18.8 Å². The van der Waals surface area contributed by atoms with Gasteiger partial charge in [0.05, 0.1) is 20.8 Å². The number of rotatable bonds is 6. The van der Waals surface area contributed by atoms with Gasteiger partial charge in [0.1, 0.15) is 11.5 Å². The zero-order chi connectivity index (χ0) is 14.6. The summed E-state index contributed by atoms with van der Waals surface area (Å²) in [4.78, 5) is 1.17. The highest BCUT2D eigenvalue weighted by atomic mass is 32.1. The number of hydrogen-bond donors (Lipinski definition) is 1. The minimum Gasteiger partial charge on any atom is -0.497 e. The third-order valence-electron chi connectivity index (χ3n) is 3.53. The largest absolute Gasteiger partial charge is 0.497 e. The number of thiophene rings is 1. The zero-order valence-corrected chi connectivity index (χ0v) is 12.9. The van der Waals surface area contributed by atoms with Gasteiger partial charge in [-0.25, -0.2) is 0 Å². The highest BCUT2D eigenvalue weighted by Crippen LogP contribution is 2.35. The van der Waals surface area contributed by atoms with E-state index in [4.69, 9.17) is 9.47 Å². The Morgan fingerprint density at radius 2 is 2.00 bits per heavy atom. The van der Waals surface area contributed by atoms with E-state index >= 15 is 0 Å². The molecule has 0 aliphatic carbocycles. The molecule has 1 atom stereocenters. The maximum Gasteiger partial charge on any atom is 0.122 e. The zero-order valence-electron chi connectivity index (χ0n) is 12.1. The minimum absolute atomic E-state index is 0.0911. The van der Waals surface area contributed by atoms with E-state index in [0.717, 1.165) is 17.1 Å². The smallest absolute Gasteiger partial charge is 0.122 e. The molecule has 20 heavy (non-hydrogen) atoms. The van der Waals surface area contributed by atoms with Gasteiger partial charge in [-0.05, 0) is 41.6 Å². The second-order valence-corrected chi connectivity index (χ2v) is 6.00. The summed E-state index contributed by atoms with van der Waals surface area (Å²) in [5, 5.41) is 11.9. The van der Waals surface area contributed by atoms with Crippen molar-refractivity contribution in [1.82, 2.24) is 0 Å². The van der Waals surface area contributed by atoms with E-state index in [1.54, 1.807) is 25.6 Å². The number of methoxy groups -OCH3 is 2. The molecule has 0 aliphatic rings. The van der Waals surface area contributed by atoms with E-state index in [9.17, 15) is 5.11 Å². The van der Waals surface area contributed by atoms with Crippen LogP contribution in [0.25, 0.3) is 0 Å². The Morgan fingerprint density at radius 3 is 2.55 bits per heavy atom. The molecule has 1 aromatic heterocycles. The van der Waals surface area contributed by atoms with Gasteiger partial charge in [0.25, 0.3) is 0 Å². The third-order valence-corrected chi connectivity index (χ3v) is 4.71. The molecule has 4 heteroatoms. The van der Waals surface area contributed by atoms with Crippen LogP contribution in [0.5, 0.6) is 11.5 Å². The lowest BCUT2D eigenvalue weighted by Crippen LogP contribution is -2.28. The molecule has 3 nitrogen and oxygen atoms in total. The summed E-state index contributed by atoms with van der Waals surface area (Å²) >= 11 is 1.67. The summed E-state index contributed by atoms with van der Waals surface area (Å²) in [5.41, 5.74) is 0.727. The predicted octanol–water partition coefficient (Wildman–Crippen LogP) is 3.26. The van der Waals surface area contributed by atoms with E-state index in [1.807, 2.05) is 29.6 Å². The number of aliphatic hydroxyl groups is 1. The Kier molecular flexibility index (Phi) is 4.68. The monoisotopic (exact) mass is 292 g/mol. The van der Waals surface area contributed by atoms with Crippen molar-refractivity contribution in [2.24, 2.45) is 0 Å². The van der Waals surface area contributed by atoms with Crippen LogP contribution in [0.4, 0.5) is 0 Å². The first-order chi connectivity index (χ1) is 9.62. The SMILES string of the molecule is COc1ccc(OC)c(CC(C)(CO)c2cccs2)c1. The molecule has 2 aromatic rings. The van der Waals surface area contributed by atoms with Crippen molar-refractivity contribution in [2.75, 3.05) is 20.8 Å². The average Bonchev–Trinajstić information content (AvgIpc) is 3.02. The predicted molar refractivity (Wildman–Crippen MR) is 82.0 cm³/mol. The van der Waals surface area contributed by atoms with E-state index in [0.29, 0.717) is 6.42 Å². The molecule has 1 heterocycles. The molecule has 1 aromatic carbocycles. The van der Waals surface area contributed by atoms with Crippen molar-refractivity contribution < 1.29 is 14.6 Å². The first-order valence-electron chi connectivity index (χ1n) is 6.48. The van der Waals surface area contributed by atoms with E-state index in [2.05, 4.69) is 13.0 Å². The maximum atomic E-state index is 9.84. The molecule has 0 spiro atoms. The lowest BCUT2D eigenvalue weighted by atomic mass is 9.82. The molecule has 0 aliphatic heterocycles. The summed E-state index contributed by atoms with van der Waals surface area (Å²) in [6.07, 6.45) is 0.699. The van der Waals surface area contributed by atoms with Gasteiger partial charge in [0.15, 0.2) is 0 Å². The minimum atomic E-state index is -0.312. The van der Waals surface area contributed by atoms with Crippen LogP contribution in [0.15, 0.2) is 35.7 Å². The Labute approximate surface area is 123 Å². The van der Waals surface area contributed by atoms with Crippen LogP contribution < -0.4 is 9.47 Å². The van der Waals surface area contributed by atoms with Crippen molar-refractivity contribution in [1.29, 1.82) is 0 Å². The molecule has 1 unspecified atom stereocenters. The molecule has 0 fully saturated rings. The first kappa shape index (κ1) is 14.9. The van der Waals surface area contributed by atoms with Crippen molar-refractivity contribution in [3.8, 4) is 11.5 Å². The molecule has 0 saturated heterocycles. The van der Waals surface area contributed by atoms with E-state index < -0.39 is 0 Å². The van der Waals surface area contributed by atoms with E-state index in [-0.39, 0.29) is 12.0 Å². The van der Waals surface area contributed by atoms with Gasteiger partial charge in [-0.3, -0.25) is 0 Å². The van der Waals surface area contributed by atoms with Crippen LogP contribution in [0.1, 0.15) is 17.4 Å². The Morgan fingerprint density at radius 1 is 1.20 bits per heavy atom. The van der Waals surface area contributed by atoms with Gasteiger partial charge in [-0.1, -0.05) is 13.0 Å². The van der Waals surface area contributed by atoms with Crippen LogP contribution >= 0.6 is 11.3 Å². The number of aliphatic hydroxyl groups excluding tert-OH is 1. The molecule has 0 amide bonds. The molecule has 0 bridgehead atoms. The van der Waals surface area contributed by atoms with Gasteiger partial charge in [0, 0.05) is 10.3 Å². The van der Waals surface area contributed by atoms with Crippen LogP contribution in [-0.2, 0) is 11.8 Å². The summed E-state index contributed by atoms with van der Waals surface area (Å²) < 4.78 is 10.7. The van der Waals surface area contributed by atoms with E-state index in [1.165, 1.54) is 4.88 Å². The topological polar surface area (TPSA) is 38.7 Å². The van der Waals surface area contributed by atoms with Gasteiger partial charge >= 0.3 is 0 Å². The maximum absolute atomic E-state index is 9.84. The fraction of sp³-hybridized carbons (Fsp3) is 0.375. The third kappa shape index (κ3) is 2.97. The van der Waals surface area contributed by atoms with Gasteiger partial charge in [-0.2, -0.15) is 0 Å². The van der Waals surface area contributed by atoms with Crippen molar-refractivity contribution in [3.05, 3.63) is 46.2 Å². The molecular formula is C16H20O3S. The molecule has 0 saturated carbocycles. The quantitative estimate of drug-likeness (QED) is 0.888. The summed E-state index contributed by atoms with van der Waals surface area (Å²) in [6, 6.07) is 9.83. The van der Waals surface area contributed by atoms with Gasteiger partial charge in [-0.15, -0.1) is 11.3 Å². The lowest BCUT2D eigenvalue weighted by Gasteiger charge is -2.27. The summed E-state index contributed by atoms with van der Waals surface area (Å²) in [7, 11) is 3.31. The van der Waals surface area contributed by atoms with Gasteiger partial charge < -0.3 is 14.6 Å². The molecule has 108 valence electrons. The molecule has 2 rings (SSSR count). The summed E-state index contributed by atoms with van der Waals surface area (Å²) in [6.45, 7) is 2.16. The molecule has 0 radical (unpaired) electrons. The number of hydrogen-bond acceptors (Lipinski definition) is 4. The highest BCUT2D eigenvalue weighted by molar-refractivity contribution is 7.10. The van der Waals surface area contributed by atoms with Gasteiger partial charge in [0.2, 0.25) is 0 Å². The molecular weight excluding hydrogens is 272 g/mol. The summed E-state index contributed by atoms with van der Waals surface area (Å²) in [5.74, 6) is 1.62. The number of ether oxygens (including phenoxy) is 2. The van der Waals surface area contributed by atoms with Crippen LogP contribution in [0, 0.1) is 0 Å². The second-order valence-electron chi connectivity index (χ2n) is 5.05. The van der Waals surface area contributed by atoms with Crippen molar-refractivity contribution in [3.63, 3.8) is 0 Å². The fourth-order valence-corrected chi connectivity index (χ4v) is 3.17. The standard InChI is InChI=1S/C16H20O3S/c1-16(11-17,15-5-4-8-20-15)10-12-9-13(18-2)6-7-14(12)19-3/h4-9,17H,10-11H2,1-3H3. The first-order valence-corrected chi connectivity index (χ1v) is 7.36. The second kappa shape index (κ2) is 6.29. The van der Waals surface area contributed by atoms with Crippen LogP contribution in [0.3, 0.4) is 0 Å². The van der Waals surface area contributed by atoms with Crippen LogP contribution in [0.2, 0.25) is 0 Å². The van der Waals surface area contributed by atoms with Crippen LogP contribution in [-0.4, -0.2) is 25.9 Å². The number of benzene rings is 1. The molecule has 1 N–H and O–H groups in total. The normalized spacial score (nSPS) is 13.8.